The molecule has 1 aliphatic heterocycles. The van der Waals surface area contributed by atoms with Crippen LogP contribution in [0.15, 0.2) is 24.3 Å². The van der Waals surface area contributed by atoms with Crippen LogP contribution in [0.3, 0.4) is 0 Å². The van der Waals surface area contributed by atoms with Crippen LogP contribution < -0.4 is 5.73 Å². The highest BCUT2D eigenvalue weighted by Crippen LogP contribution is 2.22. The first-order valence-electron chi connectivity index (χ1n) is 5.96. The third-order valence-corrected chi connectivity index (χ3v) is 3.27. The summed E-state index contributed by atoms with van der Waals surface area (Å²) < 4.78 is 10.5. The summed E-state index contributed by atoms with van der Waals surface area (Å²) in [7, 11) is 0. The van der Waals surface area contributed by atoms with E-state index in [2.05, 4.69) is 0 Å². The lowest BCUT2D eigenvalue weighted by atomic mass is 10.1. The molecule has 0 bridgehead atoms. The number of carbonyl (C=O) groups excluding carboxylic acids is 1. The second-order valence-corrected chi connectivity index (χ2v) is 4.67. The number of ether oxygens (including phenoxy) is 2. The largest absolute Gasteiger partial charge is 0.462 e. The third-order valence-electron chi connectivity index (χ3n) is 2.93. The summed E-state index contributed by atoms with van der Waals surface area (Å²) in [5, 5.41) is 0.471. The molecule has 0 amide bonds. The molecule has 4 nitrogen and oxygen atoms in total. The molecule has 0 aliphatic carbocycles. The average molecular weight is 270 g/mol. The smallest absolute Gasteiger partial charge is 0.327 e. The summed E-state index contributed by atoms with van der Waals surface area (Å²) in [6, 6.07) is 6.15. The van der Waals surface area contributed by atoms with Gasteiger partial charge in [0.2, 0.25) is 0 Å². The van der Waals surface area contributed by atoms with Crippen molar-refractivity contribution in [2.75, 3.05) is 13.2 Å². The molecule has 0 radical (unpaired) electrons. The summed E-state index contributed by atoms with van der Waals surface area (Å²) in [6.45, 7) is 0.996. The summed E-state index contributed by atoms with van der Waals surface area (Å²) >= 11 is 5.98. The van der Waals surface area contributed by atoms with E-state index in [1.54, 1.807) is 24.3 Å². The van der Waals surface area contributed by atoms with E-state index in [0.29, 0.717) is 10.6 Å². The molecule has 1 aromatic rings. The van der Waals surface area contributed by atoms with Crippen molar-refractivity contribution in [3.8, 4) is 0 Å². The molecule has 2 atom stereocenters. The minimum atomic E-state index is -0.847. The normalized spacial score (nSPS) is 20.7. The fraction of sp³-hybridized carbons (Fsp3) is 0.462. The zero-order valence-corrected chi connectivity index (χ0v) is 10.7. The van der Waals surface area contributed by atoms with Crippen molar-refractivity contribution >= 4 is 17.6 Å². The van der Waals surface area contributed by atoms with Gasteiger partial charge in [-0.2, -0.15) is 0 Å². The molecule has 1 aliphatic rings. The van der Waals surface area contributed by atoms with E-state index in [1.165, 1.54) is 0 Å². The molecular weight excluding hydrogens is 254 g/mol. The zero-order valence-electron chi connectivity index (χ0n) is 9.97. The number of nitrogens with two attached hydrogens (primary N) is 1. The quantitative estimate of drug-likeness (QED) is 0.850. The van der Waals surface area contributed by atoms with Crippen LogP contribution in [0.1, 0.15) is 24.4 Å². The standard InChI is InChI=1S/C13H16ClNO3/c14-11-6-2-1-5-10(11)12(15)13(16)18-8-9-4-3-7-17-9/h1-2,5-6,9,12H,3-4,7-8,15H2/t9?,12-/m1/s1. The van der Waals surface area contributed by atoms with Crippen LogP contribution in [-0.4, -0.2) is 25.3 Å². The van der Waals surface area contributed by atoms with Crippen molar-refractivity contribution in [3.63, 3.8) is 0 Å². The maximum Gasteiger partial charge on any atom is 0.327 e. The predicted octanol–water partition coefficient (Wildman–Crippen LogP) is 2.06. The maximum atomic E-state index is 11.8. The molecule has 98 valence electrons. The molecule has 0 saturated carbocycles. The van der Waals surface area contributed by atoms with Crippen LogP contribution in [0.25, 0.3) is 0 Å². The third kappa shape index (κ3) is 3.22. The highest BCUT2D eigenvalue weighted by Gasteiger charge is 2.22. The van der Waals surface area contributed by atoms with Crippen LogP contribution in [0.5, 0.6) is 0 Å². The highest BCUT2D eigenvalue weighted by molar-refractivity contribution is 6.31. The second kappa shape index (κ2) is 6.18. The van der Waals surface area contributed by atoms with Gasteiger partial charge in [0.25, 0.3) is 0 Å². The van der Waals surface area contributed by atoms with Gasteiger partial charge in [-0.25, -0.2) is 4.79 Å². The topological polar surface area (TPSA) is 61.6 Å². The van der Waals surface area contributed by atoms with Crippen molar-refractivity contribution in [1.82, 2.24) is 0 Å². The Kier molecular flexibility index (Phi) is 4.58. The number of halogens is 1. The van der Waals surface area contributed by atoms with Gasteiger partial charge >= 0.3 is 5.97 Å². The van der Waals surface area contributed by atoms with E-state index in [1.807, 2.05) is 0 Å². The van der Waals surface area contributed by atoms with Crippen LogP contribution >= 0.6 is 11.6 Å². The Bertz CT molecular complexity index is 418. The number of rotatable bonds is 4. The van der Waals surface area contributed by atoms with E-state index in [-0.39, 0.29) is 12.7 Å². The van der Waals surface area contributed by atoms with Crippen molar-refractivity contribution in [1.29, 1.82) is 0 Å². The van der Waals surface area contributed by atoms with Gasteiger partial charge in [0, 0.05) is 11.6 Å². The first-order valence-corrected chi connectivity index (χ1v) is 6.34. The Morgan fingerprint density at radius 1 is 1.56 bits per heavy atom. The average Bonchev–Trinajstić information content (AvgIpc) is 2.89. The lowest BCUT2D eigenvalue weighted by Gasteiger charge is -2.15. The summed E-state index contributed by atoms with van der Waals surface area (Å²) in [5.41, 5.74) is 6.40. The van der Waals surface area contributed by atoms with E-state index >= 15 is 0 Å². The van der Waals surface area contributed by atoms with Gasteiger partial charge in [-0.1, -0.05) is 29.8 Å². The number of benzene rings is 1. The lowest BCUT2D eigenvalue weighted by Crippen LogP contribution is -2.27. The molecule has 1 aromatic carbocycles. The molecule has 5 heteroatoms. The highest BCUT2D eigenvalue weighted by atomic mass is 35.5. The molecule has 1 fully saturated rings. The van der Waals surface area contributed by atoms with E-state index in [4.69, 9.17) is 26.8 Å². The molecule has 1 unspecified atom stereocenters. The Hall–Kier alpha value is -1.10. The van der Waals surface area contributed by atoms with Crippen molar-refractivity contribution < 1.29 is 14.3 Å². The first-order chi connectivity index (χ1) is 8.68. The summed E-state index contributed by atoms with van der Waals surface area (Å²) in [6.07, 6.45) is 1.94. The van der Waals surface area contributed by atoms with Crippen molar-refractivity contribution in [2.24, 2.45) is 5.73 Å². The van der Waals surface area contributed by atoms with Crippen LogP contribution in [-0.2, 0) is 14.3 Å². The number of hydrogen-bond acceptors (Lipinski definition) is 4. The van der Waals surface area contributed by atoms with Gasteiger partial charge in [-0.05, 0) is 24.5 Å². The van der Waals surface area contributed by atoms with Crippen LogP contribution in [0.2, 0.25) is 5.02 Å². The van der Waals surface area contributed by atoms with Gasteiger partial charge in [-0.15, -0.1) is 0 Å². The van der Waals surface area contributed by atoms with Gasteiger partial charge in [0.15, 0.2) is 0 Å². The number of hydrogen-bond donors (Lipinski definition) is 1. The van der Waals surface area contributed by atoms with E-state index in [0.717, 1.165) is 19.4 Å². The molecule has 1 heterocycles. The van der Waals surface area contributed by atoms with Gasteiger partial charge < -0.3 is 15.2 Å². The zero-order chi connectivity index (χ0) is 13.0. The Morgan fingerprint density at radius 3 is 3.00 bits per heavy atom. The molecule has 18 heavy (non-hydrogen) atoms. The molecule has 1 saturated heterocycles. The molecule has 2 N–H and O–H groups in total. The maximum absolute atomic E-state index is 11.8. The Balaban J connectivity index is 1.90. The minimum Gasteiger partial charge on any atom is -0.462 e. The second-order valence-electron chi connectivity index (χ2n) is 4.26. The minimum absolute atomic E-state index is 0.00685. The molecule has 0 aromatic heterocycles. The van der Waals surface area contributed by atoms with E-state index < -0.39 is 12.0 Å². The molecular formula is C13H16ClNO3. The fourth-order valence-corrected chi connectivity index (χ4v) is 2.15. The Labute approximate surface area is 111 Å². The van der Waals surface area contributed by atoms with Gasteiger partial charge in [0.05, 0.1) is 6.10 Å². The van der Waals surface area contributed by atoms with Gasteiger partial charge in [-0.3, -0.25) is 0 Å². The van der Waals surface area contributed by atoms with Crippen LogP contribution in [0.4, 0.5) is 0 Å². The fourth-order valence-electron chi connectivity index (χ4n) is 1.89. The summed E-state index contributed by atoms with van der Waals surface area (Å²) in [4.78, 5) is 11.8. The van der Waals surface area contributed by atoms with Gasteiger partial charge in [0.1, 0.15) is 12.6 Å². The van der Waals surface area contributed by atoms with Crippen molar-refractivity contribution in [2.45, 2.75) is 25.0 Å². The summed E-state index contributed by atoms with van der Waals surface area (Å²) in [5.74, 6) is -0.474. The lowest BCUT2D eigenvalue weighted by molar-refractivity contribution is -0.148. The first kappa shape index (κ1) is 13.3. The van der Waals surface area contributed by atoms with E-state index in [9.17, 15) is 4.79 Å². The Morgan fingerprint density at radius 2 is 2.33 bits per heavy atom. The number of carbonyl (C=O) groups is 1. The SMILES string of the molecule is N[C@@H](C(=O)OCC1CCCO1)c1ccccc1Cl. The predicted molar refractivity (Wildman–Crippen MR) is 68.3 cm³/mol. The molecule has 2 rings (SSSR count). The van der Waals surface area contributed by atoms with Crippen molar-refractivity contribution in [3.05, 3.63) is 34.9 Å². The molecule has 0 spiro atoms. The van der Waals surface area contributed by atoms with Crippen LogP contribution in [0, 0.1) is 0 Å². The number of esters is 1. The monoisotopic (exact) mass is 269 g/mol.